The molecule has 2 aromatic rings. The van der Waals surface area contributed by atoms with Crippen molar-refractivity contribution in [3.8, 4) is 0 Å². The van der Waals surface area contributed by atoms with Gasteiger partial charge in [-0.1, -0.05) is 0 Å². The highest BCUT2D eigenvalue weighted by Gasteiger charge is 2.07. The van der Waals surface area contributed by atoms with Crippen molar-refractivity contribution < 1.29 is 8.78 Å². The van der Waals surface area contributed by atoms with Crippen LogP contribution in [0.15, 0.2) is 24.4 Å². The number of halogens is 2. The fourth-order valence-electron chi connectivity index (χ4n) is 1.15. The molecule has 0 radical (unpaired) electrons. The average Bonchev–Trinajstić information content (AvgIpc) is 2.46. The van der Waals surface area contributed by atoms with Crippen LogP contribution >= 0.6 is 0 Å². The van der Waals surface area contributed by atoms with Gasteiger partial charge in [0.1, 0.15) is 0 Å². The summed E-state index contributed by atoms with van der Waals surface area (Å²) in [4.78, 5) is 0. The van der Waals surface area contributed by atoms with E-state index in [2.05, 4.69) is 5.10 Å². The first-order valence-electron chi connectivity index (χ1n) is 3.69. The zero-order valence-electron chi connectivity index (χ0n) is 6.61. The molecule has 0 saturated heterocycles. The van der Waals surface area contributed by atoms with E-state index in [0.29, 0.717) is 21.3 Å². The van der Waals surface area contributed by atoms with Crippen LogP contribution in [0.3, 0.4) is 0 Å². The zero-order valence-corrected chi connectivity index (χ0v) is 6.61. The third-order valence-corrected chi connectivity index (χ3v) is 1.75. The predicted molar refractivity (Wildman–Crippen MR) is 45.4 cm³/mol. The van der Waals surface area contributed by atoms with Crippen molar-refractivity contribution >= 4 is 16.6 Å². The van der Waals surface area contributed by atoms with Crippen LogP contribution in [0.4, 0.5) is 14.5 Å². The number of nitrogens with two attached hydrogens (primary N) is 1. The molecule has 5 heteroatoms. The van der Waals surface area contributed by atoms with Crippen LogP contribution in [-0.2, 0) is 0 Å². The molecule has 0 atom stereocenters. The molecule has 13 heavy (non-hydrogen) atoms. The zero-order chi connectivity index (χ0) is 9.42. The summed E-state index contributed by atoms with van der Waals surface area (Å²) in [5.74, 6) is 0. The summed E-state index contributed by atoms with van der Waals surface area (Å²) in [5.41, 5.74) is 6.48. The molecule has 0 spiro atoms. The van der Waals surface area contributed by atoms with E-state index in [9.17, 15) is 8.78 Å². The first kappa shape index (κ1) is 7.97. The van der Waals surface area contributed by atoms with Crippen molar-refractivity contribution in [2.75, 3.05) is 5.73 Å². The first-order chi connectivity index (χ1) is 6.16. The smallest absolute Gasteiger partial charge is 0.333 e. The third kappa shape index (κ3) is 1.32. The van der Waals surface area contributed by atoms with Crippen LogP contribution in [-0.4, -0.2) is 9.78 Å². The van der Waals surface area contributed by atoms with Crippen LogP contribution in [0.5, 0.6) is 0 Å². The van der Waals surface area contributed by atoms with Gasteiger partial charge in [-0.2, -0.15) is 13.9 Å². The Morgan fingerprint density at radius 3 is 2.85 bits per heavy atom. The van der Waals surface area contributed by atoms with E-state index < -0.39 is 6.55 Å². The number of hydrogen-bond acceptors (Lipinski definition) is 2. The Labute approximate surface area is 72.8 Å². The van der Waals surface area contributed by atoms with E-state index in [1.165, 1.54) is 6.20 Å². The van der Waals surface area contributed by atoms with Crippen LogP contribution in [0.25, 0.3) is 10.9 Å². The molecule has 1 heterocycles. The second kappa shape index (κ2) is 2.69. The fraction of sp³-hybridized carbons (Fsp3) is 0.125. The number of nitrogen functional groups attached to an aromatic ring is 1. The summed E-state index contributed by atoms with van der Waals surface area (Å²) in [6.07, 6.45) is 1.29. The Balaban J connectivity index is 2.62. The molecule has 0 amide bonds. The standard InChI is InChI=1S/C8H7F2N3/c9-8(10)13-4-5-1-2-6(11)3-7(5)12-13/h1-4,8H,11H2. The predicted octanol–water partition coefficient (Wildman–Crippen LogP) is 2.01. The number of alkyl halides is 2. The third-order valence-electron chi connectivity index (χ3n) is 1.75. The van der Waals surface area contributed by atoms with E-state index in [4.69, 9.17) is 5.73 Å². The molecular formula is C8H7F2N3. The van der Waals surface area contributed by atoms with E-state index in [1.807, 2.05) is 0 Å². The van der Waals surface area contributed by atoms with E-state index in [1.54, 1.807) is 18.2 Å². The van der Waals surface area contributed by atoms with Gasteiger partial charge in [0.25, 0.3) is 0 Å². The van der Waals surface area contributed by atoms with Crippen LogP contribution in [0.1, 0.15) is 6.55 Å². The molecule has 0 aliphatic carbocycles. The number of fused-ring (bicyclic) bond motifs is 1. The molecule has 1 aromatic heterocycles. The molecule has 0 fully saturated rings. The van der Waals surface area contributed by atoms with Gasteiger partial charge in [0.2, 0.25) is 0 Å². The van der Waals surface area contributed by atoms with Gasteiger partial charge in [0.05, 0.1) is 5.52 Å². The molecule has 68 valence electrons. The van der Waals surface area contributed by atoms with Gasteiger partial charge in [-0.15, -0.1) is 0 Å². The second-order valence-corrected chi connectivity index (χ2v) is 2.71. The highest BCUT2D eigenvalue weighted by Crippen LogP contribution is 2.18. The maximum Gasteiger partial charge on any atom is 0.333 e. The summed E-state index contributed by atoms with van der Waals surface area (Å²) in [7, 11) is 0. The summed E-state index contributed by atoms with van der Waals surface area (Å²) < 4.78 is 25.0. The molecule has 0 unspecified atom stereocenters. The Kier molecular flexibility index (Phi) is 1.65. The molecule has 3 nitrogen and oxygen atoms in total. The van der Waals surface area contributed by atoms with Gasteiger partial charge in [0.15, 0.2) is 0 Å². The number of rotatable bonds is 1. The van der Waals surface area contributed by atoms with Gasteiger partial charge >= 0.3 is 6.55 Å². The highest BCUT2D eigenvalue weighted by atomic mass is 19.3. The quantitative estimate of drug-likeness (QED) is 0.687. The molecule has 0 saturated carbocycles. The maximum atomic E-state index is 12.2. The van der Waals surface area contributed by atoms with Crippen molar-refractivity contribution in [1.29, 1.82) is 0 Å². The number of hydrogen-bond donors (Lipinski definition) is 1. The second-order valence-electron chi connectivity index (χ2n) is 2.71. The van der Waals surface area contributed by atoms with Gasteiger partial charge in [-0.05, 0) is 18.2 Å². The fourth-order valence-corrected chi connectivity index (χ4v) is 1.15. The summed E-state index contributed by atoms with van der Waals surface area (Å²) in [6.45, 7) is -2.60. The lowest BCUT2D eigenvalue weighted by atomic mass is 10.2. The lowest BCUT2D eigenvalue weighted by Gasteiger charge is -1.94. The highest BCUT2D eigenvalue weighted by molar-refractivity contribution is 5.81. The van der Waals surface area contributed by atoms with Crippen molar-refractivity contribution in [2.24, 2.45) is 0 Å². The van der Waals surface area contributed by atoms with Gasteiger partial charge in [-0.25, -0.2) is 4.68 Å². The summed E-state index contributed by atoms with van der Waals surface area (Å²) in [6, 6.07) is 4.88. The van der Waals surface area contributed by atoms with Crippen LogP contribution in [0.2, 0.25) is 0 Å². The molecule has 2 N–H and O–H groups in total. The minimum Gasteiger partial charge on any atom is -0.399 e. The van der Waals surface area contributed by atoms with Crippen LogP contribution in [0, 0.1) is 0 Å². The summed E-state index contributed by atoms with van der Waals surface area (Å²) in [5, 5.41) is 4.32. The van der Waals surface area contributed by atoms with Crippen molar-refractivity contribution in [2.45, 2.75) is 6.55 Å². The Morgan fingerprint density at radius 2 is 2.15 bits per heavy atom. The van der Waals surface area contributed by atoms with Crippen molar-refractivity contribution in [3.63, 3.8) is 0 Å². The van der Waals surface area contributed by atoms with E-state index in [-0.39, 0.29) is 0 Å². The normalized spacial score (nSPS) is 11.3. The summed E-state index contributed by atoms with van der Waals surface area (Å²) >= 11 is 0. The van der Waals surface area contributed by atoms with Gasteiger partial charge < -0.3 is 5.73 Å². The molecule has 0 aliphatic heterocycles. The number of benzene rings is 1. The molecule has 0 aliphatic rings. The molecule has 1 aromatic carbocycles. The number of aromatic nitrogens is 2. The Bertz CT molecular complexity index is 436. The number of anilines is 1. The largest absolute Gasteiger partial charge is 0.399 e. The van der Waals surface area contributed by atoms with E-state index >= 15 is 0 Å². The number of nitrogens with zero attached hydrogens (tertiary/aromatic N) is 2. The van der Waals surface area contributed by atoms with Crippen LogP contribution < -0.4 is 5.73 Å². The lowest BCUT2D eigenvalue weighted by Crippen LogP contribution is -1.97. The van der Waals surface area contributed by atoms with Gasteiger partial charge in [-0.3, -0.25) is 0 Å². The van der Waals surface area contributed by atoms with Crippen molar-refractivity contribution in [1.82, 2.24) is 9.78 Å². The SMILES string of the molecule is Nc1ccc2cn(C(F)F)nc2c1. The minimum absolute atomic E-state index is 0.486. The topological polar surface area (TPSA) is 43.8 Å². The average molecular weight is 183 g/mol. The molecule has 0 bridgehead atoms. The van der Waals surface area contributed by atoms with Gasteiger partial charge in [0, 0.05) is 17.3 Å². The molecular weight excluding hydrogens is 176 g/mol. The maximum absolute atomic E-state index is 12.2. The Morgan fingerprint density at radius 1 is 1.38 bits per heavy atom. The monoisotopic (exact) mass is 183 g/mol. The van der Waals surface area contributed by atoms with E-state index in [0.717, 1.165) is 0 Å². The molecule has 2 rings (SSSR count). The first-order valence-corrected chi connectivity index (χ1v) is 3.69. The minimum atomic E-state index is -2.60. The lowest BCUT2D eigenvalue weighted by molar-refractivity contribution is 0.0574. The Hall–Kier alpha value is -1.65. The van der Waals surface area contributed by atoms with Crippen molar-refractivity contribution in [3.05, 3.63) is 24.4 Å².